The number of nitrogens with one attached hydrogen (secondary N) is 1. The molecule has 1 amide bonds. The van der Waals surface area contributed by atoms with E-state index in [1.165, 1.54) is 6.41 Å². The highest BCUT2D eigenvalue weighted by Gasteiger charge is 2.43. The summed E-state index contributed by atoms with van der Waals surface area (Å²) in [5.41, 5.74) is 0. The van der Waals surface area contributed by atoms with E-state index in [1.54, 1.807) is 0 Å². The lowest BCUT2D eigenvalue weighted by Gasteiger charge is -1.93. The van der Waals surface area contributed by atoms with Crippen LogP contribution in [0.3, 0.4) is 0 Å². The van der Waals surface area contributed by atoms with Gasteiger partial charge in [0.15, 0.2) is 0 Å². The Balaban J connectivity index is 2.16. The highest BCUT2D eigenvalue weighted by atomic mass is 19.3. The molecule has 4 heteroatoms. The van der Waals surface area contributed by atoms with E-state index in [1.807, 2.05) is 0 Å². The number of amides is 1. The summed E-state index contributed by atoms with van der Waals surface area (Å²) < 4.78 is 23.2. The number of alkyl halides is 2. The fourth-order valence-electron chi connectivity index (χ4n) is 0.735. The Bertz CT molecular complexity index is 118. The van der Waals surface area contributed by atoms with E-state index >= 15 is 0 Å². The van der Waals surface area contributed by atoms with E-state index in [9.17, 15) is 13.6 Å². The first-order valence-corrected chi connectivity index (χ1v) is 2.66. The summed E-state index contributed by atoms with van der Waals surface area (Å²) in [6, 6.07) is -0.317. The second-order valence-electron chi connectivity index (χ2n) is 2.09. The van der Waals surface area contributed by atoms with E-state index in [0.29, 0.717) is 6.42 Å². The van der Waals surface area contributed by atoms with Crippen molar-refractivity contribution in [3.8, 4) is 0 Å². The maximum absolute atomic E-state index is 11.6. The fourth-order valence-corrected chi connectivity index (χ4v) is 0.735. The topological polar surface area (TPSA) is 29.1 Å². The molecule has 0 spiro atoms. The third-order valence-corrected chi connectivity index (χ3v) is 1.41. The Morgan fingerprint density at radius 1 is 1.67 bits per heavy atom. The molecule has 0 aliphatic heterocycles. The molecule has 0 aromatic carbocycles. The lowest BCUT2D eigenvalue weighted by Crippen LogP contribution is -2.17. The Hall–Kier alpha value is -0.670. The zero-order chi connectivity index (χ0) is 6.85. The molecule has 1 aliphatic rings. The van der Waals surface area contributed by atoms with Crippen molar-refractivity contribution in [2.75, 3.05) is 0 Å². The molecule has 1 N–H and O–H groups in total. The third-order valence-electron chi connectivity index (χ3n) is 1.41. The molecule has 1 rings (SSSR count). The van der Waals surface area contributed by atoms with E-state index in [-0.39, 0.29) is 6.04 Å². The zero-order valence-electron chi connectivity index (χ0n) is 4.60. The van der Waals surface area contributed by atoms with Crippen LogP contribution in [0, 0.1) is 5.92 Å². The van der Waals surface area contributed by atoms with Gasteiger partial charge in [-0.2, -0.15) is 0 Å². The summed E-state index contributed by atoms with van der Waals surface area (Å²) >= 11 is 0. The van der Waals surface area contributed by atoms with E-state index in [4.69, 9.17) is 0 Å². The van der Waals surface area contributed by atoms with Gasteiger partial charge in [-0.15, -0.1) is 0 Å². The Morgan fingerprint density at radius 2 is 2.33 bits per heavy atom. The molecule has 0 saturated heterocycles. The fraction of sp³-hybridized carbons (Fsp3) is 0.800. The lowest BCUT2D eigenvalue weighted by molar-refractivity contribution is 0.119. The van der Waals surface area contributed by atoms with Crippen LogP contribution in [0.4, 0.5) is 8.78 Å². The summed E-state index contributed by atoms with van der Waals surface area (Å²) in [6.07, 6.45) is -0.519. The quantitative estimate of drug-likeness (QED) is 0.552. The monoisotopic (exact) mass is 134 g/mol. The van der Waals surface area contributed by atoms with Gasteiger partial charge in [0.2, 0.25) is 6.43 Å². The Kier molecular flexibility index (Phi) is 1.64. The van der Waals surface area contributed by atoms with Gasteiger partial charge in [0.25, 0.3) is 0 Å². The van der Waals surface area contributed by atoms with E-state index < -0.39 is 12.3 Å². The van der Waals surface area contributed by atoms with Crippen LogP contribution in [-0.2, 0) is 4.79 Å². The van der Waals surface area contributed by atoms with Crippen molar-refractivity contribution in [2.24, 2.45) is 5.92 Å². The van der Waals surface area contributed by atoms with Gasteiger partial charge >= 0.3 is 6.41 Å². The normalized spacial score (nSPS) is 32.3. The van der Waals surface area contributed by atoms with Crippen LogP contribution in [0.15, 0.2) is 0 Å². The molecule has 0 aromatic rings. The number of hydrogen-bond donors (Lipinski definition) is 1. The Morgan fingerprint density at radius 3 is 2.67 bits per heavy atom. The summed E-state index contributed by atoms with van der Waals surface area (Å²) in [6.45, 7) is 0. The molecule has 2 nitrogen and oxygen atoms in total. The smallest absolute Gasteiger partial charge is 0.309 e. The largest absolute Gasteiger partial charge is 0.345 e. The average molecular weight is 134 g/mol. The molecule has 0 bridgehead atoms. The number of carbonyl (C=O) groups excluding carboxylic acids is 1. The maximum Gasteiger partial charge on any atom is 0.309 e. The van der Waals surface area contributed by atoms with Crippen LogP contribution in [0.5, 0.6) is 0 Å². The molecule has 1 fully saturated rings. The van der Waals surface area contributed by atoms with Crippen LogP contribution in [0.2, 0.25) is 0 Å². The number of hydrogen-bond acceptors (Lipinski definition) is 1. The molecule has 1 saturated carbocycles. The molecule has 51 valence electrons. The van der Waals surface area contributed by atoms with Crippen molar-refractivity contribution in [1.29, 1.82) is 0 Å². The standard InChI is InChI=1S/C5H6F2NO/c6-5(7)3-1-4(3)8-2-9/h3-5H,1H2,(H,8,9). The third kappa shape index (κ3) is 1.37. The summed E-state index contributed by atoms with van der Waals surface area (Å²) in [5, 5.41) is 2.17. The maximum atomic E-state index is 11.6. The molecular weight excluding hydrogens is 128 g/mol. The minimum atomic E-state index is -2.30. The minimum Gasteiger partial charge on any atom is -0.345 e. The van der Waals surface area contributed by atoms with Gasteiger partial charge in [0.1, 0.15) is 0 Å². The molecule has 2 atom stereocenters. The van der Waals surface area contributed by atoms with Crippen LogP contribution in [0.25, 0.3) is 0 Å². The summed E-state index contributed by atoms with van der Waals surface area (Å²) in [5.74, 6) is -0.619. The van der Waals surface area contributed by atoms with Gasteiger partial charge in [-0.05, 0) is 6.42 Å². The van der Waals surface area contributed by atoms with Crippen molar-refractivity contribution in [1.82, 2.24) is 5.32 Å². The first kappa shape index (κ1) is 6.45. The molecule has 0 aromatic heterocycles. The van der Waals surface area contributed by atoms with Crippen molar-refractivity contribution in [3.05, 3.63) is 0 Å². The van der Waals surface area contributed by atoms with Crippen molar-refractivity contribution in [3.63, 3.8) is 0 Å². The summed E-state index contributed by atoms with van der Waals surface area (Å²) in [7, 11) is 0. The molecule has 1 aliphatic carbocycles. The number of halogens is 2. The zero-order valence-corrected chi connectivity index (χ0v) is 4.60. The van der Waals surface area contributed by atoms with E-state index in [2.05, 4.69) is 5.32 Å². The van der Waals surface area contributed by atoms with Gasteiger partial charge < -0.3 is 5.32 Å². The van der Waals surface area contributed by atoms with Gasteiger partial charge in [-0.1, -0.05) is 0 Å². The summed E-state index contributed by atoms with van der Waals surface area (Å²) in [4.78, 5) is 9.54. The van der Waals surface area contributed by atoms with Crippen molar-refractivity contribution in [2.45, 2.75) is 18.9 Å². The van der Waals surface area contributed by atoms with Crippen molar-refractivity contribution < 1.29 is 13.6 Å². The van der Waals surface area contributed by atoms with Crippen LogP contribution < -0.4 is 5.32 Å². The molecule has 1 radical (unpaired) electrons. The molecule has 9 heavy (non-hydrogen) atoms. The average Bonchev–Trinajstić information content (AvgIpc) is 2.47. The lowest BCUT2D eigenvalue weighted by atomic mass is 10.4. The predicted molar refractivity (Wildman–Crippen MR) is 26.7 cm³/mol. The highest BCUT2D eigenvalue weighted by molar-refractivity contribution is 5.48. The first-order chi connectivity index (χ1) is 4.25. The highest BCUT2D eigenvalue weighted by Crippen LogP contribution is 2.35. The van der Waals surface area contributed by atoms with Crippen LogP contribution in [0.1, 0.15) is 6.42 Å². The minimum absolute atomic E-state index is 0.317. The van der Waals surface area contributed by atoms with Crippen LogP contribution in [-0.4, -0.2) is 18.9 Å². The van der Waals surface area contributed by atoms with Gasteiger partial charge in [-0.25, -0.2) is 8.78 Å². The first-order valence-electron chi connectivity index (χ1n) is 2.66. The van der Waals surface area contributed by atoms with Gasteiger partial charge in [0, 0.05) is 12.0 Å². The molecular formula is C5H6F2NO. The van der Waals surface area contributed by atoms with Crippen molar-refractivity contribution >= 4 is 6.41 Å². The number of rotatable bonds is 3. The van der Waals surface area contributed by atoms with Crippen LogP contribution >= 0.6 is 0 Å². The molecule has 0 heterocycles. The van der Waals surface area contributed by atoms with E-state index in [0.717, 1.165) is 0 Å². The Labute approximate surface area is 51.2 Å². The molecule has 2 unspecified atom stereocenters. The SMILES string of the molecule is O=[C]NC1CC1C(F)F. The van der Waals surface area contributed by atoms with Gasteiger partial charge in [0.05, 0.1) is 0 Å². The predicted octanol–water partition coefficient (Wildman–Crippen LogP) is 0.297. The van der Waals surface area contributed by atoms with Gasteiger partial charge in [-0.3, -0.25) is 4.79 Å². The second-order valence-corrected chi connectivity index (χ2v) is 2.09. The second kappa shape index (κ2) is 2.29.